The number of cyclic esters (lactones) is 1. The first-order chi connectivity index (χ1) is 25.4. The lowest BCUT2D eigenvalue weighted by molar-refractivity contribution is -0.157. The van der Waals surface area contributed by atoms with Gasteiger partial charge in [0.25, 0.3) is 5.91 Å². The predicted octanol–water partition coefficient (Wildman–Crippen LogP) is 1.35. The Hall–Kier alpha value is -4.79. The Balaban J connectivity index is 2.71. The van der Waals surface area contributed by atoms with Crippen LogP contribution in [0.15, 0.2) is 42.1 Å². The molecule has 0 bridgehead atoms. The monoisotopic (exact) mass is 755 g/mol. The minimum Gasteiger partial charge on any atom is -0.458 e. The van der Waals surface area contributed by atoms with Gasteiger partial charge >= 0.3 is 5.97 Å². The maximum Gasteiger partial charge on any atom is 0.329 e. The van der Waals surface area contributed by atoms with Gasteiger partial charge in [-0.15, -0.1) is 0 Å². The summed E-state index contributed by atoms with van der Waals surface area (Å²) in [5.74, 6) is -6.94. The van der Waals surface area contributed by atoms with Gasteiger partial charge in [-0.3, -0.25) is 28.8 Å². The van der Waals surface area contributed by atoms with Crippen molar-refractivity contribution in [1.29, 1.82) is 0 Å². The maximum absolute atomic E-state index is 14.1. The fourth-order valence-electron chi connectivity index (χ4n) is 5.72. The minimum atomic E-state index is -1.50. The summed E-state index contributed by atoms with van der Waals surface area (Å²) in [6.07, 6.45) is 1.12. The second-order valence-corrected chi connectivity index (χ2v) is 14.8. The number of ether oxygens (including phenoxy) is 1. The van der Waals surface area contributed by atoms with Crippen LogP contribution < -0.4 is 37.6 Å². The van der Waals surface area contributed by atoms with Gasteiger partial charge in [0.1, 0.15) is 42.0 Å². The van der Waals surface area contributed by atoms with Crippen LogP contribution in [0.2, 0.25) is 0 Å². The Labute approximate surface area is 319 Å². The van der Waals surface area contributed by atoms with Gasteiger partial charge in [-0.2, -0.15) is 0 Å². The van der Waals surface area contributed by atoms with E-state index < -0.39 is 102 Å². The molecule has 1 aliphatic heterocycles. The summed E-state index contributed by atoms with van der Waals surface area (Å²) in [6.45, 7) is 16.9. The largest absolute Gasteiger partial charge is 0.458 e. The fraction of sp³-hybridized carbons (Fsp3) is 0.615. The number of nitrogens with one attached hydrogen (secondary N) is 6. The van der Waals surface area contributed by atoms with E-state index in [1.807, 2.05) is 19.9 Å². The smallest absolute Gasteiger partial charge is 0.329 e. The summed E-state index contributed by atoms with van der Waals surface area (Å²) >= 11 is 0. The SMILES string of the molecule is C/C=C1\NC(=O)C(Cc2ccccc2)NC(=O)[C@H](C(C)C)NC(=O)C(C(C)CC)NC(=O)C(NC(=O)C(N)C(C)CC)C(C)OC(=O)C(C(C)C)NC1=O. The average molecular weight is 756 g/mol. The zero-order valence-electron chi connectivity index (χ0n) is 33.3. The van der Waals surface area contributed by atoms with Crippen LogP contribution in [-0.2, 0) is 44.7 Å². The van der Waals surface area contributed by atoms with Crippen LogP contribution in [0.25, 0.3) is 0 Å². The Morgan fingerprint density at radius 1 is 0.796 bits per heavy atom. The van der Waals surface area contributed by atoms with Crippen LogP contribution in [0.4, 0.5) is 0 Å². The van der Waals surface area contributed by atoms with E-state index in [4.69, 9.17) is 10.5 Å². The van der Waals surface area contributed by atoms with Crippen molar-refractivity contribution in [2.45, 2.75) is 131 Å². The van der Waals surface area contributed by atoms with Gasteiger partial charge in [0.2, 0.25) is 29.5 Å². The van der Waals surface area contributed by atoms with Crippen LogP contribution in [0.1, 0.15) is 87.6 Å². The Morgan fingerprint density at radius 3 is 1.91 bits per heavy atom. The number of allylic oxidation sites excluding steroid dienone is 1. The molecule has 0 spiro atoms. The minimum absolute atomic E-state index is 0.0496. The Bertz CT molecular complexity index is 1520. The third-order valence-corrected chi connectivity index (χ3v) is 9.87. The van der Waals surface area contributed by atoms with Gasteiger partial charge in [0.15, 0.2) is 0 Å². The van der Waals surface area contributed by atoms with Gasteiger partial charge in [-0.25, -0.2) is 4.79 Å². The van der Waals surface area contributed by atoms with Crippen molar-refractivity contribution in [1.82, 2.24) is 31.9 Å². The van der Waals surface area contributed by atoms with Crippen molar-refractivity contribution in [3.8, 4) is 0 Å². The molecule has 0 radical (unpaired) electrons. The topological polar surface area (TPSA) is 227 Å². The molecular weight excluding hydrogens is 694 g/mol. The van der Waals surface area contributed by atoms with Crippen molar-refractivity contribution < 1.29 is 38.3 Å². The van der Waals surface area contributed by atoms with Crippen molar-refractivity contribution in [2.75, 3.05) is 0 Å². The zero-order valence-corrected chi connectivity index (χ0v) is 33.3. The fourth-order valence-corrected chi connectivity index (χ4v) is 5.72. The van der Waals surface area contributed by atoms with Gasteiger partial charge in [0, 0.05) is 6.42 Å². The first kappa shape index (κ1) is 45.4. The predicted molar refractivity (Wildman–Crippen MR) is 204 cm³/mol. The van der Waals surface area contributed by atoms with Crippen LogP contribution in [-0.4, -0.2) is 83.8 Å². The standard InChI is InChI=1S/C39H61N7O8/c1-11-22(8)28(40)35(49)46-32-24(10)54-39(53)30(21(6)7)44-33(47)26(13-3)41-34(48)27(19-25-17-15-14-16-18-25)42-36(50)29(20(4)5)43-37(51)31(23(9)12-2)45-38(32)52/h13-18,20-24,27-32H,11-12,19,40H2,1-10H3,(H,41,48)(H,42,50)(H,43,51)(H,44,47)(H,45,52)(H,46,49)/b26-13-/t22?,23?,24?,27?,28?,29-,30?,31?,32?/m0/s1. The molecule has 6 amide bonds. The van der Waals surface area contributed by atoms with Gasteiger partial charge < -0.3 is 42.4 Å². The number of carbonyl (C=O) groups is 7. The molecule has 8 N–H and O–H groups in total. The van der Waals surface area contributed by atoms with E-state index in [0.29, 0.717) is 12.8 Å². The summed E-state index contributed by atoms with van der Waals surface area (Å²) in [7, 11) is 0. The van der Waals surface area contributed by atoms with E-state index in [2.05, 4.69) is 31.9 Å². The van der Waals surface area contributed by atoms with Crippen LogP contribution >= 0.6 is 0 Å². The van der Waals surface area contributed by atoms with E-state index in [0.717, 1.165) is 5.56 Å². The van der Waals surface area contributed by atoms with Crippen LogP contribution in [0.5, 0.6) is 0 Å². The highest BCUT2D eigenvalue weighted by Gasteiger charge is 2.39. The molecule has 1 fully saturated rings. The number of hydrogen-bond acceptors (Lipinski definition) is 9. The zero-order chi connectivity index (χ0) is 40.9. The molecule has 15 nitrogen and oxygen atoms in total. The molecule has 54 heavy (non-hydrogen) atoms. The molecule has 8 unspecified atom stereocenters. The lowest BCUT2D eigenvalue weighted by Crippen LogP contribution is -2.63. The number of nitrogens with two attached hydrogens (primary N) is 1. The van der Waals surface area contributed by atoms with E-state index in [-0.39, 0.29) is 18.0 Å². The van der Waals surface area contributed by atoms with Crippen LogP contribution in [0.3, 0.4) is 0 Å². The molecular formula is C39H61N7O8. The molecule has 15 heteroatoms. The maximum atomic E-state index is 14.1. The molecule has 1 aliphatic rings. The summed E-state index contributed by atoms with van der Waals surface area (Å²) in [4.78, 5) is 96.4. The molecule has 300 valence electrons. The quantitative estimate of drug-likeness (QED) is 0.135. The summed E-state index contributed by atoms with van der Waals surface area (Å²) in [5, 5.41) is 16.1. The molecule has 1 heterocycles. The number of hydrogen-bond donors (Lipinski definition) is 7. The average Bonchev–Trinajstić information content (AvgIpc) is 3.13. The number of rotatable bonds is 10. The second-order valence-electron chi connectivity index (χ2n) is 14.8. The number of amides is 6. The Morgan fingerprint density at radius 2 is 1.37 bits per heavy atom. The molecule has 1 saturated heterocycles. The van der Waals surface area contributed by atoms with Crippen molar-refractivity contribution in [2.24, 2.45) is 29.4 Å². The highest BCUT2D eigenvalue weighted by atomic mass is 16.5. The van der Waals surface area contributed by atoms with Crippen molar-refractivity contribution in [3.63, 3.8) is 0 Å². The van der Waals surface area contributed by atoms with Gasteiger partial charge in [0.05, 0.1) is 6.04 Å². The normalized spacial score (nSPS) is 26.5. The number of esters is 1. The van der Waals surface area contributed by atoms with E-state index in [9.17, 15) is 33.6 Å². The molecule has 1 aromatic carbocycles. The second kappa shape index (κ2) is 21.2. The van der Waals surface area contributed by atoms with Crippen LogP contribution in [0, 0.1) is 23.7 Å². The van der Waals surface area contributed by atoms with E-state index >= 15 is 0 Å². The molecule has 0 aromatic heterocycles. The van der Waals surface area contributed by atoms with E-state index in [1.54, 1.807) is 65.8 Å². The highest BCUT2D eigenvalue weighted by molar-refractivity contribution is 6.01. The van der Waals surface area contributed by atoms with Gasteiger partial charge in [-0.1, -0.05) is 105 Å². The first-order valence-corrected chi connectivity index (χ1v) is 18.9. The third kappa shape index (κ3) is 12.7. The molecule has 9 atom stereocenters. The first-order valence-electron chi connectivity index (χ1n) is 18.9. The van der Waals surface area contributed by atoms with Crippen molar-refractivity contribution >= 4 is 41.4 Å². The summed E-state index contributed by atoms with van der Waals surface area (Å²) < 4.78 is 5.74. The molecule has 1 aromatic rings. The lowest BCUT2D eigenvalue weighted by atomic mass is 9.95. The number of carbonyl (C=O) groups excluding carboxylic acids is 7. The third-order valence-electron chi connectivity index (χ3n) is 9.87. The molecule has 0 aliphatic carbocycles. The van der Waals surface area contributed by atoms with Crippen molar-refractivity contribution in [3.05, 3.63) is 47.7 Å². The highest BCUT2D eigenvalue weighted by Crippen LogP contribution is 2.15. The Kier molecular flexibility index (Phi) is 17.8. The molecule has 0 saturated carbocycles. The molecule has 2 rings (SSSR count). The number of benzene rings is 1. The summed E-state index contributed by atoms with van der Waals surface area (Å²) in [6, 6.07) is 1.67. The van der Waals surface area contributed by atoms with Gasteiger partial charge in [-0.05, 0) is 43.1 Å². The summed E-state index contributed by atoms with van der Waals surface area (Å²) in [5.41, 5.74) is 6.72. The van der Waals surface area contributed by atoms with E-state index in [1.165, 1.54) is 19.9 Å². The lowest BCUT2D eigenvalue weighted by Gasteiger charge is -2.32.